The molecule has 0 radical (unpaired) electrons. The Labute approximate surface area is 307 Å². The van der Waals surface area contributed by atoms with E-state index in [0.717, 1.165) is 121 Å². The molecule has 0 fully saturated rings. The van der Waals surface area contributed by atoms with Crippen LogP contribution in [0.4, 0.5) is 17.1 Å². The van der Waals surface area contributed by atoms with Gasteiger partial charge in [0.25, 0.3) is 11.4 Å². The van der Waals surface area contributed by atoms with Crippen LogP contribution in [0.1, 0.15) is 95.5 Å². The number of nitrogens with two attached hydrogens (primary N) is 1. The number of rotatable bonds is 31. The molecule has 2 aromatic carbocycles. The Balaban J connectivity index is 1.57. The molecule has 0 heterocycles. The van der Waals surface area contributed by atoms with Gasteiger partial charge in [-0.25, -0.2) is 0 Å². The van der Waals surface area contributed by atoms with E-state index in [-0.39, 0.29) is 34.6 Å². The lowest BCUT2D eigenvalue weighted by molar-refractivity contribution is -0.393. The van der Waals surface area contributed by atoms with Crippen molar-refractivity contribution in [2.24, 2.45) is 5.73 Å². The Morgan fingerprint density at radius 1 is 0.692 bits per heavy atom. The molecule has 0 aliphatic heterocycles. The zero-order valence-corrected chi connectivity index (χ0v) is 30.5. The van der Waals surface area contributed by atoms with Gasteiger partial charge in [-0.2, -0.15) is 0 Å². The molecule has 1 atom stereocenters. The summed E-state index contributed by atoms with van der Waals surface area (Å²) in [5, 5.41) is 47.5. The highest BCUT2D eigenvalue weighted by Gasteiger charge is 2.21. The molecule has 290 valence electrons. The summed E-state index contributed by atoms with van der Waals surface area (Å²) in [4.78, 5) is 46.8. The summed E-state index contributed by atoms with van der Waals surface area (Å²) in [5.41, 5.74) is 6.02. The van der Waals surface area contributed by atoms with Crippen LogP contribution in [-0.2, 0) is 16.0 Å². The third kappa shape index (κ3) is 19.9. The maximum Gasteiger partial charge on any atom is 0.299 e. The molecule has 0 spiro atoms. The van der Waals surface area contributed by atoms with Gasteiger partial charge >= 0.3 is 0 Å². The highest BCUT2D eigenvalue weighted by molar-refractivity contribution is 5.87. The number of nitrogens with zero attached hydrogens (tertiary/aromatic N) is 2. The van der Waals surface area contributed by atoms with Crippen molar-refractivity contribution in [3.05, 3.63) is 68.3 Å². The first-order valence-corrected chi connectivity index (χ1v) is 18.8. The first-order chi connectivity index (χ1) is 25.2. The second-order valence-corrected chi connectivity index (χ2v) is 13.1. The number of phenols is 1. The van der Waals surface area contributed by atoms with Gasteiger partial charge < -0.3 is 37.4 Å². The average Bonchev–Trinajstić information content (AvgIpc) is 3.12. The van der Waals surface area contributed by atoms with E-state index >= 15 is 0 Å². The molecule has 52 heavy (non-hydrogen) atoms. The molecule has 2 aromatic rings. The first-order valence-electron chi connectivity index (χ1n) is 18.8. The number of carbonyl (C=O) groups excluding carboxylic acids is 2. The number of phenolic OH excluding ortho intramolecular Hbond substituents is 1. The van der Waals surface area contributed by atoms with Crippen LogP contribution in [0.2, 0.25) is 0 Å². The fraction of sp³-hybridized carbons (Fsp3) is 0.622. The number of non-ortho nitro benzene ring substituents is 1. The average molecular weight is 729 g/mol. The van der Waals surface area contributed by atoms with Crippen LogP contribution >= 0.6 is 0 Å². The van der Waals surface area contributed by atoms with E-state index in [0.29, 0.717) is 32.5 Å². The molecule has 0 aliphatic carbocycles. The zero-order chi connectivity index (χ0) is 37.8. The van der Waals surface area contributed by atoms with Gasteiger partial charge in [0.1, 0.15) is 17.5 Å². The highest BCUT2D eigenvalue weighted by Crippen LogP contribution is 2.29. The van der Waals surface area contributed by atoms with Crippen molar-refractivity contribution < 1.29 is 24.5 Å². The van der Waals surface area contributed by atoms with E-state index in [9.17, 15) is 34.9 Å². The molecule has 0 saturated heterocycles. The van der Waals surface area contributed by atoms with Crippen molar-refractivity contribution in [2.75, 3.05) is 51.1 Å². The van der Waals surface area contributed by atoms with Crippen LogP contribution < -0.4 is 32.3 Å². The molecule has 15 nitrogen and oxygen atoms in total. The van der Waals surface area contributed by atoms with E-state index in [1.165, 1.54) is 12.1 Å². The van der Waals surface area contributed by atoms with Gasteiger partial charge in [-0.05, 0) is 95.0 Å². The number of nitrogens with one attached hydrogen (secondary N) is 5. The largest absolute Gasteiger partial charge is 0.508 e. The topological polar surface area (TPSA) is 227 Å². The lowest BCUT2D eigenvalue weighted by Gasteiger charge is -2.19. The van der Waals surface area contributed by atoms with E-state index in [1.807, 2.05) is 0 Å². The molecular formula is C37H60N8O7. The predicted molar refractivity (Wildman–Crippen MR) is 204 cm³/mol. The molecule has 0 bridgehead atoms. The summed E-state index contributed by atoms with van der Waals surface area (Å²) in [6.07, 6.45) is 13.4. The minimum absolute atomic E-state index is 0.147. The van der Waals surface area contributed by atoms with Gasteiger partial charge in [0, 0.05) is 32.0 Å². The quantitative estimate of drug-likeness (QED) is 0.0308. The summed E-state index contributed by atoms with van der Waals surface area (Å²) in [6.45, 7) is 5.44. The SMILES string of the molecule is NCCCNCCCCNCCCNC(=O)C(Cc1ccc(O)cc1)NC(=O)CCCCCCCCCCCNc1ccc([N+](=O)[O-])cc1[N+](=O)[O-]. The standard InChI is InChI=1S/C37H60N8O7/c38-21-12-24-39-22-10-11-23-40-25-13-27-42-37(48)34(28-30-15-18-32(46)19-16-30)43-36(47)14-8-6-4-2-1-3-5-7-9-26-41-33-20-17-31(44(49)50)29-35(33)45(51)52/h15-20,29,34,39-41,46H,1-14,21-28,38H2,(H,42,48)(H,43,47). The second kappa shape index (κ2) is 27.3. The number of benzene rings is 2. The van der Waals surface area contributed by atoms with Crippen LogP contribution in [0, 0.1) is 20.2 Å². The Kier molecular flexibility index (Phi) is 23.0. The maximum absolute atomic E-state index is 13.1. The van der Waals surface area contributed by atoms with Crippen LogP contribution in [0.3, 0.4) is 0 Å². The number of hydrogen-bond donors (Lipinski definition) is 7. The Morgan fingerprint density at radius 3 is 1.88 bits per heavy atom. The molecule has 2 amide bonds. The number of anilines is 1. The van der Waals surface area contributed by atoms with E-state index in [1.54, 1.807) is 24.3 Å². The maximum atomic E-state index is 13.1. The van der Waals surface area contributed by atoms with Crippen molar-refractivity contribution in [1.82, 2.24) is 21.3 Å². The normalized spacial score (nSPS) is 11.6. The number of nitro benzene ring substituents is 2. The van der Waals surface area contributed by atoms with Gasteiger partial charge in [-0.15, -0.1) is 0 Å². The number of carbonyl (C=O) groups is 2. The fourth-order valence-corrected chi connectivity index (χ4v) is 5.67. The van der Waals surface area contributed by atoms with Crippen LogP contribution in [0.5, 0.6) is 5.75 Å². The monoisotopic (exact) mass is 728 g/mol. The second-order valence-electron chi connectivity index (χ2n) is 13.1. The number of aromatic hydroxyl groups is 1. The first kappa shape index (κ1) is 43.8. The van der Waals surface area contributed by atoms with Crippen molar-refractivity contribution in [3.63, 3.8) is 0 Å². The Hall–Kier alpha value is -4.34. The van der Waals surface area contributed by atoms with Gasteiger partial charge in [-0.1, -0.05) is 57.1 Å². The molecule has 0 aliphatic rings. The summed E-state index contributed by atoms with van der Waals surface area (Å²) in [5.74, 6) is -0.215. The molecular weight excluding hydrogens is 668 g/mol. The third-order valence-corrected chi connectivity index (χ3v) is 8.66. The van der Waals surface area contributed by atoms with Crippen LogP contribution in [0.25, 0.3) is 0 Å². The van der Waals surface area contributed by atoms with Gasteiger partial charge in [-0.3, -0.25) is 29.8 Å². The van der Waals surface area contributed by atoms with Crippen molar-refractivity contribution in [3.8, 4) is 5.75 Å². The number of hydrogen-bond acceptors (Lipinski definition) is 11. The fourth-order valence-electron chi connectivity index (χ4n) is 5.67. The molecule has 2 rings (SSSR count). The van der Waals surface area contributed by atoms with Gasteiger partial charge in [0.15, 0.2) is 0 Å². The summed E-state index contributed by atoms with van der Waals surface area (Å²) < 4.78 is 0. The summed E-state index contributed by atoms with van der Waals surface area (Å²) >= 11 is 0. The van der Waals surface area contributed by atoms with Gasteiger partial charge in [0.2, 0.25) is 11.8 Å². The Morgan fingerprint density at radius 2 is 1.27 bits per heavy atom. The van der Waals surface area contributed by atoms with Gasteiger partial charge in [0.05, 0.1) is 15.9 Å². The number of unbranched alkanes of at least 4 members (excludes halogenated alkanes) is 9. The lowest BCUT2D eigenvalue weighted by Crippen LogP contribution is -2.48. The van der Waals surface area contributed by atoms with E-state index < -0.39 is 15.9 Å². The van der Waals surface area contributed by atoms with Crippen LogP contribution in [0.15, 0.2) is 42.5 Å². The third-order valence-electron chi connectivity index (χ3n) is 8.66. The molecule has 1 unspecified atom stereocenters. The zero-order valence-electron chi connectivity index (χ0n) is 30.5. The molecule has 0 aromatic heterocycles. The van der Waals surface area contributed by atoms with Crippen molar-refractivity contribution in [1.29, 1.82) is 0 Å². The number of amides is 2. The molecule has 15 heteroatoms. The van der Waals surface area contributed by atoms with Crippen LogP contribution in [-0.4, -0.2) is 78.6 Å². The van der Waals surface area contributed by atoms with E-state index in [2.05, 4.69) is 26.6 Å². The minimum atomic E-state index is -0.698. The summed E-state index contributed by atoms with van der Waals surface area (Å²) in [7, 11) is 0. The smallest absolute Gasteiger partial charge is 0.299 e. The highest BCUT2D eigenvalue weighted by atomic mass is 16.6. The molecule has 8 N–H and O–H groups in total. The van der Waals surface area contributed by atoms with Crippen molar-refractivity contribution in [2.45, 2.75) is 102 Å². The molecule has 0 saturated carbocycles. The lowest BCUT2D eigenvalue weighted by atomic mass is 10.0. The summed E-state index contributed by atoms with van der Waals surface area (Å²) in [6, 6.07) is 9.57. The van der Waals surface area contributed by atoms with E-state index in [4.69, 9.17) is 5.73 Å². The predicted octanol–water partition coefficient (Wildman–Crippen LogP) is 5.06. The number of nitro groups is 2. The van der Waals surface area contributed by atoms with Crippen molar-refractivity contribution >= 4 is 28.9 Å². The Bertz CT molecular complexity index is 1330. The minimum Gasteiger partial charge on any atom is -0.508 e.